The maximum atomic E-state index is 9.90. The normalized spacial score (nSPS) is 16.9. The van der Waals surface area contributed by atoms with Crippen molar-refractivity contribution in [2.24, 2.45) is 9.98 Å². The van der Waals surface area contributed by atoms with Gasteiger partial charge < -0.3 is 9.80 Å². The van der Waals surface area contributed by atoms with Crippen molar-refractivity contribution < 1.29 is 9.59 Å². The third-order valence-electron chi connectivity index (χ3n) is 3.08. The molecule has 1 fully saturated rings. The van der Waals surface area contributed by atoms with Gasteiger partial charge in [-0.1, -0.05) is 0 Å². The first kappa shape index (κ1) is 14.7. The highest BCUT2D eigenvalue weighted by atomic mass is 16.1. The predicted octanol–water partition coefficient (Wildman–Crippen LogP) is 0.0558. The fourth-order valence-corrected chi connectivity index (χ4v) is 2.07. The summed E-state index contributed by atoms with van der Waals surface area (Å²) in [5, 5.41) is 0. The van der Waals surface area contributed by atoms with Crippen LogP contribution < -0.4 is 0 Å². The van der Waals surface area contributed by atoms with Crippen LogP contribution in [0.2, 0.25) is 0 Å². The van der Waals surface area contributed by atoms with E-state index in [0.717, 1.165) is 52.1 Å². The molecule has 0 aromatic heterocycles. The smallest absolute Gasteiger partial charge is 0.234 e. The van der Waals surface area contributed by atoms with Gasteiger partial charge in [-0.05, 0) is 12.8 Å². The lowest BCUT2D eigenvalue weighted by Gasteiger charge is -2.34. The number of aliphatic imine (C=N–C) groups is 2. The molecule has 6 nitrogen and oxygen atoms in total. The highest BCUT2D eigenvalue weighted by Crippen LogP contribution is 2.03. The zero-order valence-electron chi connectivity index (χ0n) is 10.7. The Morgan fingerprint density at radius 1 is 0.778 bits per heavy atom. The van der Waals surface area contributed by atoms with Gasteiger partial charge in [-0.15, -0.1) is 0 Å². The summed E-state index contributed by atoms with van der Waals surface area (Å²) in [4.78, 5) is 31.7. The van der Waals surface area contributed by atoms with Gasteiger partial charge in [-0.3, -0.25) is 0 Å². The molecule has 0 spiro atoms. The van der Waals surface area contributed by atoms with E-state index in [4.69, 9.17) is 0 Å². The van der Waals surface area contributed by atoms with Crippen molar-refractivity contribution in [2.45, 2.75) is 12.8 Å². The van der Waals surface area contributed by atoms with Crippen molar-refractivity contribution in [3.05, 3.63) is 0 Å². The van der Waals surface area contributed by atoms with Crippen LogP contribution in [0.15, 0.2) is 9.98 Å². The van der Waals surface area contributed by atoms with E-state index in [0.29, 0.717) is 13.1 Å². The molecule has 18 heavy (non-hydrogen) atoms. The summed E-state index contributed by atoms with van der Waals surface area (Å²) in [7, 11) is 0. The molecule has 0 aliphatic carbocycles. The quantitative estimate of drug-likeness (QED) is 0.348. The lowest BCUT2D eigenvalue weighted by Crippen LogP contribution is -2.46. The predicted molar refractivity (Wildman–Crippen MR) is 68.1 cm³/mol. The van der Waals surface area contributed by atoms with Gasteiger partial charge in [-0.2, -0.15) is 0 Å². The number of isocyanates is 2. The molecule has 0 bridgehead atoms. The van der Waals surface area contributed by atoms with Crippen LogP contribution in [-0.4, -0.2) is 74.3 Å². The molecule has 100 valence electrons. The minimum atomic E-state index is 0.577. The van der Waals surface area contributed by atoms with Gasteiger partial charge in [0.1, 0.15) is 0 Å². The molecule has 1 aliphatic rings. The number of carbonyl (C=O) groups excluding carboxylic acids is 2. The van der Waals surface area contributed by atoms with Gasteiger partial charge >= 0.3 is 0 Å². The van der Waals surface area contributed by atoms with E-state index in [2.05, 4.69) is 19.8 Å². The van der Waals surface area contributed by atoms with E-state index in [9.17, 15) is 9.59 Å². The minimum absolute atomic E-state index is 0.577. The van der Waals surface area contributed by atoms with Gasteiger partial charge in [0.25, 0.3) is 0 Å². The number of nitrogens with zero attached hydrogens (tertiary/aromatic N) is 4. The van der Waals surface area contributed by atoms with Crippen molar-refractivity contribution in [2.75, 3.05) is 52.4 Å². The molecule has 1 heterocycles. The van der Waals surface area contributed by atoms with Gasteiger partial charge in [-0.25, -0.2) is 19.6 Å². The molecular weight excluding hydrogens is 232 g/mol. The Kier molecular flexibility index (Phi) is 7.93. The van der Waals surface area contributed by atoms with Crippen LogP contribution in [0.1, 0.15) is 12.8 Å². The Morgan fingerprint density at radius 3 is 1.50 bits per heavy atom. The summed E-state index contributed by atoms with van der Waals surface area (Å²) in [6.45, 7) is 7.37. The summed E-state index contributed by atoms with van der Waals surface area (Å²) in [5.74, 6) is 0. The van der Waals surface area contributed by atoms with Gasteiger partial charge in [0.15, 0.2) is 0 Å². The fraction of sp³-hybridized carbons (Fsp3) is 0.833. The third-order valence-corrected chi connectivity index (χ3v) is 3.08. The summed E-state index contributed by atoms with van der Waals surface area (Å²) in [6.07, 6.45) is 4.96. The second-order valence-electron chi connectivity index (χ2n) is 4.34. The molecule has 0 unspecified atom stereocenters. The summed E-state index contributed by atoms with van der Waals surface area (Å²) in [5.41, 5.74) is 0. The van der Waals surface area contributed by atoms with Gasteiger partial charge in [0, 0.05) is 39.3 Å². The molecule has 0 saturated carbocycles. The molecule has 0 N–H and O–H groups in total. The average molecular weight is 252 g/mol. The Morgan fingerprint density at radius 2 is 1.17 bits per heavy atom. The first-order chi connectivity index (χ1) is 8.86. The van der Waals surface area contributed by atoms with Gasteiger partial charge in [0.05, 0.1) is 13.1 Å². The third kappa shape index (κ3) is 6.42. The SMILES string of the molecule is O=C=NCCCN1CCN(CCCN=C=O)CC1. The second kappa shape index (κ2) is 9.68. The van der Waals surface area contributed by atoms with Crippen molar-refractivity contribution in [3.8, 4) is 0 Å². The zero-order valence-corrected chi connectivity index (χ0v) is 10.7. The summed E-state index contributed by atoms with van der Waals surface area (Å²) < 4.78 is 0. The number of piperazine rings is 1. The molecular formula is C12H20N4O2. The Labute approximate surface area is 107 Å². The lowest BCUT2D eigenvalue weighted by atomic mass is 10.2. The minimum Gasteiger partial charge on any atom is -0.301 e. The maximum Gasteiger partial charge on any atom is 0.234 e. The number of hydrogen-bond donors (Lipinski definition) is 0. The maximum absolute atomic E-state index is 9.90. The van der Waals surface area contributed by atoms with E-state index < -0.39 is 0 Å². The first-order valence-corrected chi connectivity index (χ1v) is 6.39. The largest absolute Gasteiger partial charge is 0.301 e. The molecule has 0 aromatic rings. The van der Waals surface area contributed by atoms with Gasteiger partial charge in [0.2, 0.25) is 12.2 Å². The van der Waals surface area contributed by atoms with Crippen LogP contribution in [0.3, 0.4) is 0 Å². The molecule has 0 aromatic carbocycles. The van der Waals surface area contributed by atoms with Crippen LogP contribution in [0.5, 0.6) is 0 Å². The highest BCUT2D eigenvalue weighted by molar-refractivity contribution is 5.32. The van der Waals surface area contributed by atoms with Crippen LogP contribution >= 0.6 is 0 Å². The van der Waals surface area contributed by atoms with Crippen molar-refractivity contribution in [1.29, 1.82) is 0 Å². The topological polar surface area (TPSA) is 65.3 Å². The number of rotatable bonds is 8. The standard InChI is InChI=1S/C12H20N4O2/c17-11-13-3-1-5-15-7-9-16(10-8-15)6-2-4-14-12-18/h1-10H2. The molecule has 0 radical (unpaired) electrons. The average Bonchev–Trinajstić information content (AvgIpc) is 2.41. The molecule has 1 aliphatic heterocycles. The van der Waals surface area contributed by atoms with Crippen molar-refractivity contribution in [3.63, 3.8) is 0 Å². The zero-order chi connectivity index (χ0) is 13.1. The highest BCUT2D eigenvalue weighted by Gasteiger charge is 2.15. The monoisotopic (exact) mass is 252 g/mol. The fourth-order valence-electron chi connectivity index (χ4n) is 2.07. The van der Waals surface area contributed by atoms with Crippen molar-refractivity contribution >= 4 is 12.2 Å². The van der Waals surface area contributed by atoms with Crippen molar-refractivity contribution in [1.82, 2.24) is 9.80 Å². The Bertz CT molecular complexity index is 282. The molecule has 1 saturated heterocycles. The number of hydrogen-bond acceptors (Lipinski definition) is 6. The van der Waals surface area contributed by atoms with Crippen LogP contribution in [0.4, 0.5) is 0 Å². The van der Waals surface area contributed by atoms with E-state index in [1.165, 1.54) is 0 Å². The summed E-state index contributed by atoms with van der Waals surface area (Å²) >= 11 is 0. The van der Waals surface area contributed by atoms with Crippen LogP contribution in [-0.2, 0) is 9.59 Å². The summed E-state index contributed by atoms with van der Waals surface area (Å²) in [6, 6.07) is 0. The second-order valence-corrected chi connectivity index (χ2v) is 4.34. The van der Waals surface area contributed by atoms with E-state index >= 15 is 0 Å². The first-order valence-electron chi connectivity index (χ1n) is 6.39. The van der Waals surface area contributed by atoms with Crippen LogP contribution in [0.25, 0.3) is 0 Å². The van der Waals surface area contributed by atoms with E-state index in [1.807, 2.05) is 0 Å². The molecule has 0 atom stereocenters. The Balaban J connectivity index is 2.05. The molecule has 1 rings (SSSR count). The molecule has 0 amide bonds. The van der Waals surface area contributed by atoms with E-state index in [1.54, 1.807) is 12.2 Å². The van der Waals surface area contributed by atoms with Crippen LogP contribution in [0, 0.1) is 0 Å². The Hall–Kier alpha value is -1.32. The lowest BCUT2D eigenvalue weighted by molar-refractivity contribution is 0.131. The molecule has 6 heteroatoms. The van der Waals surface area contributed by atoms with E-state index in [-0.39, 0.29) is 0 Å².